The number of carbonyl (C=O) groups excluding carboxylic acids is 1. The normalized spacial score (nSPS) is 18.8. The highest BCUT2D eigenvalue weighted by Crippen LogP contribution is 2.11. The topological polar surface area (TPSA) is 44.8 Å². The van der Waals surface area contributed by atoms with E-state index in [-0.39, 0.29) is 6.10 Å². The van der Waals surface area contributed by atoms with Gasteiger partial charge in [0.15, 0.2) is 0 Å². The van der Waals surface area contributed by atoms with Crippen LogP contribution >= 0.6 is 0 Å². The fourth-order valence-corrected chi connectivity index (χ4v) is 1.08. The first-order valence-electron chi connectivity index (χ1n) is 4.24. The summed E-state index contributed by atoms with van der Waals surface area (Å²) in [7, 11) is 0. The molecule has 1 saturated heterocycles. The summed E-state index contributed by atoms with van der Waals surface area (Å²) in [4.78, 5) is 10.8. The van der Waals surface area contributed by atoms with Crippen molar-refractivity contribution in [3.05, 3.63) is 0 Å². The van der Waals surface area contributed by atoms with Gasteiger partial charge in [0, 0.05) is 12.8 Å². The minimum atomic E-state index is -0.565. The van der Waals surface area contributed by atoms with Crippen LogP contribution in [-0.4, -0.2) is 32.1 Å². The van der Waals surface area contributed by atoms with E-state index in [4.69, 9.17) is 9.47 Å². The molecule has 1 heterocycles. The summed E-state index contributed by atoms with van der Waals surface area (Å²) < 4.78 is 14.7. The minimum absolute atomic E-state index is 0.0159. The summed E-state index contributed by atoms with van der Waals surface area (Å²) >= 11 is 0. The van der Waals surface area contributed by atoms with Crippen LogP contribution in [0.25, 0.3) is 0 Å². The lowest BCUT2D eigenvalue weighted by Gasteiger charge is -2.21. The maximum atomic E-state index is 10.8. The highest BCUT2D eigenvalue weighted by Gasteiger charge is 2.18. The van der Waals surface area contributed by atoms with Crippen LogP contribution < -0.4 is 0 Å². The number of carbonyl (C=O) groups is 1. The van der Waals surface area contributed by atoms with E-state index < -0.39 is 6.16 Å². The van der Waals surface area contributed by atoms with Crippen molar-refractivity contribution >= 4 is 6.16 Å². The summed E-state index contributed by atoms with van der Waals surface area (Å²) in [6.07, 6.45) is 0.972. The molecule has 0 aromatic rings. The van der Waals surface area contributed by atoms with E-state index in [9.17, 15) is 4.79 Å². The summed E-state index contributed by atoms with van der Waals surface area (Å²) in [6.45, 7) is 3.46. The van der Waals surface area contributed by atoms with Gasteiger partial charge in [0.2, 0.25) is 0 Å². The molecule has 0 saturated carbocycles. The van der Waals surface area contributed by atoms with Crippen molar-refractivity contribution in [1.29, 1.82) is 0 Å². The van der Waals surface area contributed by atoms with E-state index in [1.165, 1.54) is 0 Å². The zero-order valence-electron chi connectivity index (χ0n) is 7.25. The molecule has 0 atom stereocenters. The number of hydrogen-bond donors (Lipinski definition) is 0. The van der Waals surface area contributed by atoms with Crippen LogP contribution in [0, 0.1) is 0 Å². The average Bonchev–Trinajstić information content (AvgIpc) is 2.06. The molecular weight excluding hydrogens is 160 g/mol. The van der Waals surface area contributed by atoms with Gasteiger partial charge in [-0.1, -0.05) is 0 Å². The Balaban J connectivity index is 2.15. The van der Waals surface area contributed by atoms with Crippen molar-refractivity contribution in [1.82, 2.24) is 0 Å². The maximum Gasteiger partial charge on any atom is 0.508 e. The number of hydrogen-bond acceptors (Lipinski definition) is 4. The van der Waals surface area contributed by atoms with Crippen molar-refractivity contribution in [3.63, 3.8) is 0 Å². The van der Waals surface area contributed by atoms with Gasteiger partial charge in [0.1, 0.15) is 6.10 Å². The predicted octanol–water partition coefficient (Wildman–Crippen LogP) is 1.34. The van der Waals surface area contributed by atoms with E-state index in [0.717, 1.165) is 12.8 Å². The van der Waals surface area contributed by atoms with Gasteiger partial charge >= 0.3 is 6.16 Å². The van der Waals surface area contributed by atoms with Crippen molar-refractivity contribution in [2.45, 2.75) is 25.9 Å². The standard InChI is InChI=1S/C8H14O4/c1-2-11-8(9)12-7-3-5-10-6-4-7/h7H,2-6H2,1H3. The fourth-order valence-electron chi connectivity index (χ4n) is 1.08. The van der Waals surface area contributed by atoms with Gasteiger partial charge in [0.25, 0.3) is 0 Å². The van der Waals surface area contributed by atoms with Crippen LogP contribution in [0.15, 0.2) is 0 Å². The van der Waals surface area contributed by atoms with Crippen LogP contribution in [0.1, 0.15) is 19.8 Å². The monoisotopic (exact) mass is 174 g/mol. The summed E-state index contributed by atoms with van der Waals surface area (Å²) in [5.74, 6) is 0. The molecule has 4 heteroatoms. The Morgan fingerprint density at radius 1 is 1.50 bits per heavy atom. The van der Waals surface area contributed by atoms with E-state index >= 15 is 0 Å². The van der Waals surface area contributed by atoms with E-state index in [2.05, 4.69) is 4.74 Å². The molecule has 0 N–H and O–H groups in total. The van der Waals surface area contributed by atoms with E-state index in [1.54, 1.807) is 6.92 Å². The molecule has 1 fully saturated rings. The van der Waals surface area contributed by atoms with Crippen molar-refractivity contribution in [3.8, 4) is 0 Å². The third-order valence-corrected chi connectivity index (χ3v) is 1.69. The summed E-state index contributed by atoms with van der Waals surface area (Å²) in [5, 5.41) is 0. The molecule has 0 amide bonds. The molecule has 1 rings (SSSR count). The van der Waals surface area contributed by atoms with Crippen LogP contribution in [0.3, 0.4) is 0 Å². The van der Waals surface area contributed by atoms with Gasteiger partial charge in [-0.2, -0.15) is 0 Å². The molecule has 1 aliphatic rings. The maximum absolute atomic E-state index is 10.8. The number of ether oxygens (including phenoxy) is 3. The minimum Gasteiger partial charge on any atom is -0.435 e. The first kappa shape index (κ1) is 9.32. The Kier molecular flexibility index (Phi) is 3.87. The van der Waals surface area contributed by atoms with Gasteiger partial charge in [-0.05, 0) is 6.92 Å². The van der Waals surface area contributed by atoms with Crippen LogP contribution in [-0.2, 0) is 14.2 Å². The largest absolute Gasteiger partial charge is 0.508 e. The van der Waals surface area contributed by atoms with Gasteiger partial charge < -0.3 is 14.2 Å². The average molecular weight is 174 g/mol. The van der Waals surface area contributed by atoms with E-state index in [0.29, 0.717) is 19.8 Å². The smallest absolute Gasteiger partial charge is 0.435 e. The Hall–Kier alpha value is -0.770. The molecule has 70 valence electrons. The van der Waals surface area contributed by atoms with Gasteiger partial charge in [0.05, 0.1) is 19.8 Å². The summed E-state index contributed by atoms with van der Waals surface area (Å²) in [6, 6.07) is 0. The van der Waals surface area contributed by atoms with Crippen molar-refractivity contribution in [2.75, 3.05) is 19.8 Å². The highest BCUT2D eigenvalue weighted by molar-refractivity contribution is 5.60. The molecule has 0 radical (unpaired) electrons. The van der Waals surface area contributed by atoms with Crippen molar-refractivity contribution < 1.29 is 19.0 Å². The fraction of sp³-hybridized carbons (Fsp3) is 0.875. The van der Waals surface area contributed by atoms with Crippen LogP contribution in [0.2, 0.25) is 0 Å². The van der Waals surface area contributed by atoms with Crippen LogP contribution in [0.4, 0.5) is 4.79 Å². The third kappa shape index (κ3) is 3.09. The second-order valence-corrected chi connectivity index (χ2v) is 2.61. The molecule has 1 aliphatic heterocycles. The molecule has 0 bridgehead atoms. The Morgan fingerprint density at radius 2 is 2.17 bits per heavy atom. The lowest BCUT2D eigenvalue weighted by Crippen LogP contribution is -2.26. The molecule has 0 aromatic carbocycles. The molecule has 0 aromatic heterocycles. The molecule has 0 unspecified atom stereocenters. The molecular formula is C8H14O4. The van der Waals surface area contributed by atoms with Gasteiger partial charge in [-0.25, -0.2) is 4.79 Å². The molecule has 0 aliphatic carbocycles. The predicted molar refractivity (Wildman–Crippen MR) is 41.9 cm³/mol. The molecule has 4 nitrogen and oxygen atoms in total. The lowest BCUT2D eigenvalue weighted by molar-refractivity contribution is -0.0263. The van der Waals surface area contributed by atoms with Crippen molar-refractivity contribution in [2.24, 2.45) is 0 Å². The zero-order valence-corrected chi connectivity index (χ0v) is 7.25. The second-order valence-electron chi connectivity index (χ2n) is 2.61. The summed E-state index contributed by atoms with van der Waals surface area (Å²) in [5.41, 5.74) is 0. The Bertz CT molecular complexity index is 140. The van der Waals surface area contributed by atoms with Gasteiger partial charge in [-0.15, -0.1) is 0 Å². The number of rotatable bonds is 2. The molecule has 0 spiro atoms. The first-order chi connectivity index (χ1) is 5.83. The molecule has 12 heavy (non-hydrogen) atoms. The first-order valence-corrected chi connectivity index (χ1v) is 4.24. The quantitative estimate of drug-likeness (QED) is 0.592. The second kappa shape index (κ2) is 4.98. The lowest BCUT2D eigenvalue weighted by atomic mass is 10.2. The zero-order chi connectivity index (χ0) is 8.81. The highest BCUT2D eigenvalue weighted by atomic mass is 16.7. The van der Waals surface area contributed by atoms with Gasteiger partial charge in [-0.3, -0.25) is 0 Å². The third-order valence-electron chi connectivity index (χ3n) is 1.69. The Morgan fingerprint density at radius 3 is 2.75 bits per heavy atom. The Labute approximate surface area is 71.8 Å². The van der Waals surface area contributed by atoms with Crippen LogP contribution in [0.5, 0.6) is 0 Å². The van der Waals surface area contributed by atoms with E-state index in [1.807, 2.05) is 0 Å². The SMILES string of the molecule is CCOC(=O)OC1CCOCC1.